The second kappa shape index (κ2) is 13.7. The number of rotatable bonds is 9. The van der Waals surface area contributed by atoms with E-state index in [4.69, 9.17) is 24.5 Å². The molecule has 254 valence electrons. The van der Waals surface area contributed by atoms with E-state index in [9.17, 15) is 9.18 Å². The number of thiophene rings is 1. The first-order valence-corrected chi connectivity index (χ1v) is 17.1. The molecule has 7 rings (SSSR count). The fourth-order valence-corrected chi connectivity index (χ4v) is 7.54. The Balaban J connectivity index is 1.42. The van der Waals surface area contributed by atoms with Crippen LogP contribution in [0.2, 0.25) is 0 Å². The lowest BCUT2D eigenvalue weighted by Crippen LogP contribution is -2.44. The van der Waals surface area contributed by atoms with Crippen molar-refractivity contribution in [2.45, 2.75) is 19.5 Å². The van der Waals surface area contributed by atoms with E-state index < -0.39 is 11.6 Å². The Morgan fingerprint density at radius 2 is 1.86 bits per heavy atom. The summed E-state index contributed by atoms with van der Waals surface area (Å²) in [5.74, 6) is -0.765. The molecule has 4 aromatic heterocycles. The first kappa shape index (κ1) is 32.8. The van der Waals surface area contributed by atoms with E-state index in [-0.39, 0.29) is 36.5 Å². The average Bonchev–Trinajstić information content (AvgIpc) is 3.77. The number of aromatic nitrogens is 4. The highest BCUT2D eigenvalue weighted by atomic mass is 32.1. The zero-order valence-corrected chi connectivity index (χ0v) is 28.5. The quantitative estimate of drug-likeness (QED) is 0.137. The van der Waals surface area contributed by atoms with Gasteiger partial charge in [0.2, 0.25) is 5.91 Å². The van der Waals surface area contributed by atoms with Crippen LogP contribution in [0.25, 0.3) is 43.9 Å². The molecule has 2 aliphatic rings. The number of halogens is 2. The van der Waals surface area contributed by atoms with Crippen molar-refractivity contribution >= 4 is 33.1 Å². The molecule has 1 aromatic carbocycles. The number of methoxy groups -OCH3 is 1. The summed E-state index contributed by atoms with van der Waals surface area (Å²) in [7, 11) is 3.65. The number of carbonyl (C=O) groups excluding carboxylic acids is 1. The lowest BCUT2D eigenvalue weighted by Gasteiger charge is -2.33. The van der Waals surface area contributed by atoms with E-state index in [1.165, 1.54) is 30.6 Å². The van der Waals surface area contributed by atoms with Crippen LogP contribution in [0.5, 0.6) is 5.75 Å². The van der Waals surface area contributed by atoms with Gasteiger partial charge in [0.05, 0.1) is 36.1 Å². The second-order valence-electron chi connectivity index (χ2n) is 12.2. The number of nitrogens with zero attached hydrogens (tertiary/aromatic N) is 7. The second-order valence-corrected chi connectivity index (χ2v) is 13.2. The molecule has 1 atom stereocenters. The van der Waals surface area contributed by atoms with Crippen LogP contribution in [0.15, 0.2) is 60.6 Å². The Labute approximate surface area is 287 Å². The van der Waals surface area contributed by atoms with Crippen LogP contribution in [0, 0.1) is 11.6 Å². The molecule has 1 amide bonds. The summed E-state index contributed by atoms with van der Waals surface area (Å²) >= 11 is 1.43. The van der Waals surface area contributed by atoms with Crippen molar-refractivity contribution < 1.29 is 23.0 Å². The Kier molecular flexibility index (Phi) is 9.14. The maximum Gasteiger partial charge on any atom is 0.246 e. The van der Waals surface area contributed by atoms with Gasteiger partial charge in [0.25, 0.3) is 0 Å². The van der Waals surface area contributed by atoms with Gasteiger partial charge in [0.1, 0.15) is 41.2 Å². The summed E-state index contributed by atoms with van der Waals surface area (Å²) in [6, 6.07) is 9.63. The third-order valence-electron chi connectivity index (χ3n) is 9.23. The molecule has 49 heavy (non-hydrogen) atoms. The van der Waals surface area contributed by atoms with Crippen LogP contribution in [-0.4, -0.2) is 95.6 Å². The zero-order valence-electron chi connectivity index (χ0n) is 27.7. The van der Waals surface area contributed by atoms with Crippen LogP contribution < -0.4 is 9.64 Å². The molecule has 13 heteroatoms. The van der Waals surface area contributed by atoms with Gasteiger partial charge < -0.3 is 24.2 Å². The predicted octanol–water partition coefficient (Wildman–Crippen LogP) is 6.03. The molecule has 10 nitrogen and oxygen atoms in total. The van der Waals surface area contributed by atoms with Gasteiger partial charge in [-0.25, -0.2) is 18.7 Å². The minimum absolute atomic E-state index is 0.0401. The number of likely N-dealkylation sites (N-methyl/N-ethyl adjacent to an activating group) is 1. The van der Waals surface area contributed by atoms with Crippen molar-refractivity contribution in [2.75, 3.05) is 65.0 Å². The Bertz CT molecular complexity index is 2020. The number of ether oxygens (including phenoxy) is 2. The number of carbonyl (C=O) groups is 1. The normalized spacial score (nSPS) is 16.6. The van der Waals surface area contributed by atoms with E-state index in [2.05, 4.69) is 23.4 Å². The summed E-state index contributed by atoms with van der Waals surface area (Å²) < 4.78 is 44.5. The average molecular weight is 686 g/mol. The minimum Gasteiger partial charge on any atom is -0.490 e. The van der Waals surface area contributed by atoms with Crippen LogP contribution in [0.1, 0.15) is 18.7 Å². The zero-order chi connectivity index (χ0) is 34.2. The molecule has 1 fully saturated rings. The first-order chi connectivity index (χ1) is 23.8. The molecular formula is C36H37F2N7O3S. The monoisotopic (exact) mass is 685 g/mol. The van der Waals surface area contributed by atoms with Crippen LogP contribution in [0.4, 0.5) is 14.6 Å². The molecule has 0 saturated carbocycles. The van der Waals surface area contributed by atoms with Gasteiger partial charge in [0.15, 0.2) is 0 Å². The molecule has 0 aliphatic carbocycles. The third-order valence-corrected chi connectivity index (χ3v) is 10.2. The van der Waals surface area contributed by atoms with Crippen molar-refractivity contribution in [3.8, 4) is 39.5 Å². The molecule has 0 radical (unpaired) electrons. The molecule has 2 aliphatic heterocycles. The Morgan fingerprint density at radius 1 is 1.04 bits per heavy atom. The number of hydrogen-bond donors (Lipinski definition) is 0. The minimum atomic E-state index is -0.781. The summed E-state index contributed by atoms with van der Waals surface area (Å²) in [5.41, 5.74) is 3.71. The Hall–Kier alpha value is -4.72. The number of pyridine rings is 2. The summed E-state index contributed by atoms with van der Waals surface area (Å²) in [6.45, 7) is 10.6. The highest BCUT2D eigenvalue weighted by Crippen LogP contribution is 2.47. The van der Waals surface area contributed by atoms with Gasteiger partial charge in [-0.15, -0.1) is 11.3 Å². The molecule has 0 unspecified atom stereocenters. The summed E-state index contributed by atoms with van der Waals surface area (Å²) in [4.78, 5) is 29.0. The number of anilines is 1. The smallest absolute Gasteiger partial charge is 0.246 e. The van der Waals surface area contributed by atoms with Crippen LogP contribution >= 0.6 is 11.3 Å². The molecule has 0 spiro atoms. The number of piperazine rings is 1. The van der Waals surface area contributed by atoms with E-state index >= 15 is 4.39 Å². The maximum atomic E-state index is 16.1. The van der Waals surface area contributed by atoms with Crippen molar-refractivity contribution in [3.05, 3.63) is 78.0 Å². The van der Waals surface area contributed by atoms with Gasteiger partial charge in [0, 0.05) is 79.4 Å². The highest BCUT2D eigenvalue weighted by molar-refractivity contribution is 7.18. The van der Waals surface area contributed by atoms with Crippen molar-refractivity contribution in [3.63, 3.8) is 0 Å². The van der Waals surface area contributed by atoms with Crippen molar-refractivity contribution in [1.82, 2.24) is 29.5 Å². The SMILES string of the molecule is C=CC(=O)N1CCn2nc(-c3nc(-c4ccc(N5CCN(C)CC5)nc4)c4ccsc4c3-c3c(F)cc(F)cc3OCCOC)cc2[C@H]1C. The van der Waals surface area contributed by atoms with Gasteiger partial charge >= 0.3 is 0 Å². The number of amides is 1. The number of fused-ring (bicyclic) bond motifs is 2. The molecule has 5 aromatic rings. The van der Waals surface area contributed by atoms with E-state index in [1.54, 1.807) is 4.90 Å². The predicted molar refractivity (Wildman–Crippen MR) is 187 cm³/mol. The van der Waals surface area contributed by atoms with Gasteiger partial charge in [-0.1, -0.05) is 6.58 Å². The fraction of sp³-hybridized carbons (Fsp3) is 0.333. The standard InChI is InChI=1S/C36H37F2N7O3S/c1-5-31(46)44-13-14-45-28(22(44)2)20-27(41-45)35-33(32-26(38)18-24(37)19-29(32)48-16-15-47-4)36-25(8-17-49-36)34(40-35)23-6-7-30(39-21-23)43-11-9-42(3)10-12-43/h5-8,17-22H,1,9-16H2,2-4H3/t22-/m1/s1. The first-order valence-electron chi connectivity index (χ1n) is 16.2. The van der Waals surface area contributed by atoms with Gasteiger partial charge in [-0.05, 0) is 49.7 Å². The third kappa shape index (κ3) is 6.18. The lowest BCUT2D eigenvalue weighted by atomic mass is 9.96. The number of hydrogen-bond acceptors (Lipinski definition) is 9. The van der Waals surface area contributed by atoms with Crippen molar-refractivity contribution in [2.24, 2.45) is 0 Å². The fourth-order valence-electron chi connectivity index (χ4n) is 6.59. The maximum absolute atomic E-state index is 16.1. The highest BCUT2D eigenvalue weighted by Gasteiger charge is 2.31. The topological polar surface area (TPSA) is 88.9 Å². The lowest BCUT2D eigenvalue weighted by molar-refractivity contribution is -0.129. The molecule has 0 bridgehead atoms. The summed E-state index contributed by atoms with van der Waals surface area (Å²) in [5, 5.41) is 7.68. The summed E-state index contributed by atoms with van der Waals surface area (Å²) in [6.07, 6.45) is 3.14. The number of benzene rings is 1. The molecule has 6 heterocycles. The van der Waals surface area contributed by atoms with Gasteiger partial charge in [-0.3, -0.25) is 9.48 Å². The molecule has 1 saturated heterocycles. The van der Waals surface area contributed by atoms with E-state index in [1.807, 2.05) is 47.4 Å². The van der Waals surface area contributed by atoms with Crippen LogP contribution in [-0.2, 0) is 16.1 Å². The van der Waals surface area contributed by atoms with Crippen LogP contribution in [0.3, 0.4) is 0 Å². The molecular weight excluding hydrogens is 649 g/mol. The van der Waals surface area contributed by atoms with E-state index in [0.29, 0.717) is 35.7 Å². The largest absolute Gasteiger partial charge is 0.490 e. The van der Waals surface area contributed by atoms with Gasteiger partial charge in [-0.2, -0.15) is 5.10 Å². The Morgan fingerprint density at radius 3 is 2.59 bits per heavy atom. The molecule has 0 N–H and O–H groups in total. The van der Waals surface area contributed by atoms with E-state index in [0.717, 1.165) is 59.4 Å². The van der Waals surface area contributed by atoms with Crippen molar-refractivity contribution in [1.29, 1.82) is 0 Å².